The van der Waals surface area contributed by atoms with Gasteiger partial charge in [0.15, 0.2) is 0 Å². The summed E-state index contributed by atoms with van der Waals surface area (Å²) in [5.74, 6) is 0.112. The molecular formula is C26H23FN6O2. The normalized spacial score (nSPS) is 11.8. The average molecular weight is 471 g/mol. The number of benzene rings is 2. The molecule has 8 nitrogen and oxygen atoms in total. The third kappa shape index (κ3) is 4.62. The molecule has 0 bridgehead atoms. The summed E-state index contributed by atoms with van der Waals surface area (Å²) in [7, 11) is 0. The summed E-state index contributed by atoms with van der Waals surface area (Å²) < 4.78 is 15.1. The zero-order valence-corrected chi connectivity index (χ0v) is 18.9. The smallest absolute Gasteiger partial charge is 0.261 e. The number of imidazole rings is 2. The van der Waals surface area contributed by atoms with Gasteiger partial charge in [-0.15, -0.1) is 0 Å². The molecule has 0 amide bonds. The van der Waals surface area contributed by atoms with E-state index in [0.717, 1.165) is 27.8 Å². The van der Waals surface area contributed by atoms with Crippen molar-refractivity contribution in [2.45, 2.75) is 13.3 Å². The van der Waals surface area contributed by atoms with E-state index in [-0.39, 0.29) is 18.0 Å². The fourth-order valence-electron chi connectivity index (χ4n) is 3.98. The van der Waals surface area contributed by atoms with Gasteiger partial charge in [0, 0.05) is 30.5 Å². The first kappa shape index (κ1) is 22.3. The molecule has 3 aromatic heterocycles. The monoisotopic (exact) mass is 470 g/mol. The molecular weight excluding hydrogens is 447 g/mol. The highest BCUT2D eigenvalue weighted by atomic mass is 19.1. The quantitative estimate of drug-likeness (QED) is 0.286. The summed E-state index contributed by atoms with van der Waals surface area (Å²) in [5, 5.41) is 13.0. The van der Waals surface area contributed by atoms with E-state index in [1.54, 1.807) is 43.1 Å². The number of aryl methyl sites for hydroxylation is 1. The number of halogens is 1. The summed E-state index contributed by atoms with van der Waals surface area (Å²) in [6.45, 7) is 1.78. The molecule has 0 saturated heterocycles. The summed E-state index contributed by atoms with van der Waals surface area (Å²) in [4.78, 5) is 27.6. The Kier molecular flexibility index (Phi) is 5.99. The summed E-state index contributed by atoms with van der Waals surface area (Å²) >= 11 is 0. The minimum absolute atomic E-state index is 0.191. The molecule has 9 heteroatoms. The minimum Gasteiger partial charge on any atom is -0.392 e. The largest absolute Gasteiger partial charge is 0.392 e. The highest BCUT2D eigenvalue weighted by Gasteiger charge is 2.16. The SMILES string of the molecule is Cc1cc(-n2ccnc2)cc2[nH]c(-c3c(NC=C(CO)Cc4ccc(F)cc4)cc[nH]c3=O)nc12. The van der Waals surface area contributed by atoms with Crippen molar-refractivity contribution in [1.82, 2.24) is 24.5 Å². The van der Waals surface area contributed by atoms with Crippen molar-refractivity contribution in [1.29, 1.82) is 0 Å². The lowest BCUT2D eigenvalue weighted by Gasteiger charge is -2.09. The molecule has 35 heavy (non-hydrogen) atoms. The van der Waals surface area contributed by atoms with Gasteiger partial charge in [0.05, 0.1) is 29.7 Å². The molecule has 0 aliphatic rings. The summed E-state index contributed by atoms with van der Waals surface area (Å²) in [5.41, 5.74) is 5.56. The van der Waals surface area contributed by atoms with Crippen LogP contribution in [0.5, 0.6) is 0 Å². The molecule has 4 N–H and O–H groups in total. The van der Waals surface area contributed by atoms with E-state index < -0.39 is 0 Å². The van der Waals surface area contributed by atoms with Gasteiger partial charge in [-0.3, -0.25) is 4.79 Å². The summed E-state index contributed by atoms with van der Waals surface area (Å²) in [6, 6.07) is 11.8. The maximum atomic E-state index is 13.2. The molecule has 5 rings (SSSR count). The standard InChI is InChI=1S/C26H23FN6O2/c1-16-10-20(33-9-8-28-15-33)12-22-24(16)32-25(31-22)23-21(6-7-29-26(23)35)30-13-18(14-34)11-17-2-4-19(27)5-3-17/h2-10,12-13,15,34H,11,14H2,1H3,(H,31,32)(H2,29,30,35). The van der Waals surface area contributed by atoms with Crippen LogP contribution < -0.4 is 10.9 Å². The van der Waals surface area contributed by atoms with Crippen LogP contribution in [-0.2, 0) is 6.42 Å². The van der Waals surface area contributed by atoms with Gasteiger partial charge in [-0.25, -0.2) is 14.4 Å². The van der Waals surface area contributed by atoms with E-state index in [2.05, 4.69) is 20.3 Å². The van der Waals surface area contributed by atoms with Gasteiger partial charge < -0.3 is 25.0 Å². The lowest BCUT2D eigenvalue weighted by Crippen LogP contribution is -2.12. The van der Waals surface area contributed by atoms with Crippen molar-refractivity contribution in [2.75, 3.05) is 11.9 Å². The minimum atomic E-state index is -0.312. The number of anilines is 1. The molecule has 0 aliphatic heterocycles. The zero-order valence-electron chi connectivity index (χ0n) is 18.9. The average Bonchev–Trinajstić information content (AvgIpc) is 3.53. The number of nitrogens with one attached hydrogen (secondary N) is 3. The van der Waals surface area contributed by atoms with Crippen molar-refractivity contribution >= 4 is 16.7 Å². The molecule has 0 spiro atoms. The van der Waals surface area contributed by atoms with Gasteiger partial charge in [-0.1, -0.05) is 12.1 Å². The number of hydrogen-bond donors (Lipinski definition) is 4. The first-order valence-corrected chi connectivity index (χ1v) is 11.0. The van der Waals surface area contributed by atoms with Crippen molar-refractivity contribution in [3.63, 3.8) is 0 Å². The molecule has 0 aliphatic carbocycles. The predicted molar refractivity (Wildman–Crippen MR) is 133 cm³/mol. The molecule has 0 saturated carbocycles. The number of aromatic amines is 2. The molecule has 2 aromatic carbocycles. The molecule has 0 fully saturated rings. The van der Waals surface area contributed by atoms with Crippen LogP contribution in [0.25, 0.3) is 28.1 Å². The Morgan fingerprint density at radius 2 is 2.06 bits per heavy atom. The van der Waals surface area contributed by atoms with E-state index in [0.29, 0.717) is 29.1 Å². The number of aromatic nitrogens is 5. The lowest BCUT2D eigenvalue weighted by atomic mass is 10.1. The van der Waals surface area contributed by atoms with Crippen molar-refractivity contribution < 1.29 is 9.50 Å². The van der Waals surface area contributed by atoms with Crippen LogP contribution >= 0.6 is 0 Å². The summed E-state index contributed by atoms with van der Waals surface area (Å²) in [6.07, 6.45) is 8.93. The number of nitrogens with zero attached hydrogens (tertiary/aromatic N) is 3. The lowest BCUT2D eigenvalue weighted by molar-refractivity contribution is 0.328. The topological polar surface area (TPSA) is 112 Å². The Morgan fingerprint density at radius 3 is 2.80 bits per heavy atom. The van der Waals surface area contributed by atoms with Gasteiger partial charge in [-0.05, 0) is 60.4 Å². The molecule has 0 unspecified atom stereocenters. The fourth-order valence-corrected chi connectivity index (χ4v) is 3.98. The van der Waals surface area contributed by atoms with Crippen LogP contribution in [0, 0.1) is 12.7 Å². The number of rotatable bonds is 7. The second-order valence-corrected chi connectivity index (χ2v) is 8.22. The Bertz CT molecular complexity index is 1570. The zero-order chi connectivity index (χ0) is 24.4. The first-order chi connectivity index (χ1) is 17.0. The van der Waals surface area contributed by atoms with Crippen molar-refractivity contribution in [2.24, 2.45) is 0 Å². The maximum absolute atomic E-state index is 13.2. The van der Waals surface area contributed by atoms with Crippen LogP contribution in [0.15, 0.2) is 84.0 Å². The Labute approximate surface area is 199 Å². The van der Waals surface area contributed by atoms with E-state index in [1.165, 1.54) is 12.1 Å². The number of pyridine rings is 1. The number of hydrogen-bond acceptors (Lipinski definition) is 5. The number of fused-ring (bicyclic) bond motifs is 1. The molecule has 0 atom stereocenters. The van der Waals surface area contributed by atoms with Gasteiger partial charge >= 0.3 is 0 Å². The fraction of sp³-hybridized carbons (Fsp3) is 0.115. The molecule has 5 aromatic rings. The van der Waals surface area contributed by atoms with Gasteiger partial charge in [0.2, 0.25) is 0 Å². The van der Waals surface area contributed by atoms with E-state index >= 15 is 0 Å². The molecule has 3 heterocycles. The second-order valence-electron chi connectivity index (χ2n) is 8.22. The van der Waals surface area contributed by atoms with Gasteiger partial charge in [0.1, 0.15) is 17.2 Å². The second kappa shape index (κ2) is 9.40. The predicted octanol–water partition coefficient (Wildman–Crippen LogP) is 4.08. The maximum Gasteiger partial charge on any atom is 0.261 e. The third-order valence-electron chi connectivity index (χ3n) is 5.74. The highest BCUT2D eigenvalue weighted by molar-refractivity contribution is 5.86. The number of aliphatic hydroxyl groups excluding tert-OH is 1. The van der Waals surface area contributed by atoms with Gasteiger partial charge in [0.25, 0.3) is 5.56 Å². The van der Waals surface area contributed by atoms with Crippen LogP contribution in [0.1, 0.15) is 11.1 Å². The van der Waals surface area contributed by atoms with Crippen molar-refractivity contribution in [3.05, 3.63) is 106 Å². The molecule has 0 radical (unpaired) electrons. The Hall–Kier alpha value is -4.50. The Morgan fingerprint density at radius 1 is 1.23 bits per heavy atom. The Balaban J connectivity index is 1.49. The van der Waals surface area contributed by atoms with Crippen LogP contribution in [-0.4, -0.2) is 36.2 Å². The first-order valence-electron chi connectivity index (χ1n) is 11.0. The van der Waals surface area contributed by atoms with Crippen LogP contribution in [0.2, 0.25) is 0 Å². The van der Waals surface area contributed by atoms with Crippen LogP contribution in [0.3, 0.4) is 0 Å². The van der Waals surface area contributed by atoms with Gasteiger partial charge in [-0.2, -0.15) is 0 Å². The number of aliphatic hydroxyl groups is 1. The highest BCUT2D eigenvalue weighted by Crippen LogP contribution is 2.27. The number of H-pyrrole nitrogens is 2. The van der Waals surface area contributed by atoms with Crippen LogP contribution in [0.4, 0.5) is 10.1 Å². The molecule has 176 valence electrons. The van der Waals surface area contributed by atoms with E-state index in [9.17, 15) is 14.3 Å². The van der Waals surface area contributed by atoms with E-state index in [1.807, 2.05) is 29.8 Å². The van der Waals surface area contributed by atoms with E-state index in [4.69, 9.17) is 4.98 Å². The third-order valence-corrected chi connectivity index (χ3v) is 5.74. The van der Waals surface area contributed by atoms with Crippen molar-refractivity contribution in [3.8, 4) is 17.1 Å².